The summed E-state index contributed by atoms with van der Waals surface area (Å²) in [5, 5.41) is 2.69. The standard InChI is InChI=1S/C18H26FN3O4S/c1-13(20-17(24)18(2,3)4)16(23)21-9-11-22(12-10-21)27(25,26)15-7-5-14(19)6-8-15/h5-8,13H,9-12H2,1-4H3,(H,20,24). The number of nitrogens with zero attached hydrogens (tertiary/aromatic N) is 2. The highest BCUT2D eigenvalue weighted by molar-refractivity contribution is 7.89. The predicted molar refractivity (Wildman–Crippen MR) is 98.8 cm³/mol. The van der Waals surface area contributed by atoms with Gasteiger partial charge < -0.3 is 10.2 Å². The summed E-state index contributed by atoms with van der Waals surface area (Å²) < 4.78 is 39.5. The van der Waals surface area contributed by atoms with Gasteiger partial charge in [-0.05, 0) is 31.2 Å². The van der Waals surface area contributed by atoms with Crippen molar-refractivity contribution < 1.29 is 22.4 Å². The van der Waals surface area contributed by atoms with Crippen molar-refractivity contribution in [2.24, 2.45) is 5.41 Å². The Labute approximate surface area is 159 Å². The first-order valence-corrected chi connectivity index (χ1v) is 10.2. The molecular formula is C18H26FN3O4S. The lowest BCUT2D eigenvalue weighted by Gasteiger charge is -2.35. The molecule has 1 aromatic carbocycles. The number of sulfonamides is 1. The number of halogens is 1. The van der Waals surface area contributed by atoms with Gasteiger partial charge in [0.05, 0.1) is 4.90 Å². The van der Waals surface area contributed by atoms with Crippen LogP contribution in [0.1, 0.15) is 27.7 Å². The first-order chi connectivity index (χ1) is 12.4. The van der Waals surface area contributed by atoms with Crippen LogP contribution in [-0.2, 0) is 19.6 Å². The fourth-order valence-corrected chi connectivity index (χ4v) is 4.08. The molecule has 2 amide bonds. The van der Waals surface area contributed by atoms with Crippen LogP contribution in [0.5, 0.6) is 0 Å². The van der Waals surface area contributed by atoms with E-state index < -0.39 is 27.3 Å². The summed E-state index contributed by atoms with van der Waals surface area (Å²) in [7, 11) is -3.73. The zero-order valence-electron chi connectivity index (χ0n) is 16.0. The molecule has 27 heavy (non-hydrogen) atoms. The molecule has 1 fully saturated rings. The molecule has 1 saturated heterocycles. The van der Waals surface area contributed by atoms with Crippen LogP contribution in [-0.4, -0.2) is 61.7 Å². The van der Waals surface area contributed by atoms with E-state index in [1.54, 1.807) is 32.6 Å². The Morgan fingerprint density at radius 1 is 1.07 bits per heavy atom. The molecule has 1 aliphatic rings. The average molecular weight is 399 g/mol. The van der Waals surface area contributed by atoms with Crippen LogP contribution >= 0.6 is 0 Å². The van der Waals surface area contributed by atoms with E-state index in [-0.39, 0.29) is 42.9 Å². The Hall–Kier alpha value is -2.00. The molecule has 1 unspecified atom stereocenters. The zero-order valence-corrected chi connectivity index (χ0v) is 16.8. The maximum absolute atomic E-state index is 13.0. The van der Waals surface area contributed by atoms with Gasteiger partial charge in [-0.3, -0.25) is 9.59 Å². The quantitative estimate of drug-likeness (QED) is 0.825. The summed E-state index contributed by atoms with van der Waals surface area (Å²) in [6.45, 7) is 7.66. The Morgan fingerprint density at radius 3 is 2.07 bits per heavy atom. The summed E-state index contributed by atoms with van der Waals surface area (Å²) in [4.78, 5) is 26.1. The van der Waals surface area contributed by atoms with E-state index in [1.165, 1.54) is 16.4 Å². The van der Waals surface area contributed by atoms with Crippen LogP contribution in [0.25, 0.3) is 0 Å². The van der Waals surface area contributed by atoms with Gasteiger partial charge in [-0.1, -0.05) is 20.8 Å². The summed E-state index contributed by atoms with van der Waals surface area (Å²) in [5.41, 5.74) is -0.601. The number of piperazine rings is 1. The van der Waals surface area contributed by atoms with Crippen LogP contribution in [0.2, 0.25) is 0 Å². The van der Waals surface area contributed by atoms with Crippen molar-refractivity contribution in [2.75, 3.05) is 26.2 Å². The Bertz CT molecular complexity index is 795. The molecule has 7 nitrogen and oxygen atoms in total. The van der Waals surface area contributed by atoms with Crippen LogP contribution in [0, 0.1) is 11.2 Å². The number of hydrogen-bond donors (Lipinski definition) is 1. The minimum atomic E-state index is -3.73. The topological polar surface area (TPSA) is 86.8 Å². The summed E-state index contributed by atoms with van der Waals surface area (Å²) in [5.74, 6) is -0.969. The second kappa shape index (κ2) is 7.93. The van der Waals surface area contributed by atoms with E-state index >= 15 is 0 Å². The van der Waals surface area contributed by atoms with Crippen molar-refractivity contribution in [1.82, 2.24) is 14.5 Å². The monoisotopic (exact) mass is 399 g/mol. The highest BCUT2D eigenvalue weighted by Crippen LogP contribution is 2.18. The van der Waals surface area contributed by atoms with Gasteiger partial charge in [0.1, 0.15) is 11.9 Å². The Balaban J connectivity index is 1.97. The highest BCUT2D eigenvalue weighted by Gasteiger charge is 2.32. The van der Waals surface area contributed by atoms with E-state index in [0.717, 1.165) is 12.1 Å². The molecule has 150 valence electrons. The SMILES string of the molecule is CC(NC(=O)C(C)(C)C)C(=O)N1CCN(S(=O)(=O)c2ccc(F)cc2)CC1. The molecule has 0 radical (unpaired) electrons. The predicted octanol–water partition coefficient (Wildman–Crippen LogP) is 1.21. The first-order valence-electron chi connectivity index (χ1n) is 8.78. The molecule has 2 rings (SSSR count). The normalized spacial score (nSPS) is 17.4. The number of nitrogens with one attached hydrogen (secondary N) is 1. The lowest BCUT2D eigenvalue weighted by atomic mass is 9.95. The van der Waals surface area contributed by atoms with E-state index in [4.69, 9.17) is 0 Å². The molecule has 0 aromatic heterocycles. The number of benzene rings is 1. The van der Waals surface area contributed by atoms with E-state index in [9.17, 15) is 22.4 Å². The van der Waals surface area contributed by atoms with Gasteiger partial charge in [0.25, 0.3) is 0 Å². The highest BCUT2D eigenvalue weighted by atomic mass is 32.2. The minimum Gasteiger partial charge on any atom is -0.344 e. The number of amides is 2. The fourth-order valence-electron chi connectivity index (χ4n) is 2.65. The minimum absolute atomic E-state index is 0.0227. The van der Waals surface area contributed by atoms with Crippen molar-refractivity contribution in [3.63, 3.8) is 0 Å². The number of rotatable bonds is 4. The Kier molecular flexibility index (Phi) is 6.26. The van der Waals surface area contributed by atoms with Crippen molar-refractivity contribution in [3.8, 4) is 0 Å². The lowest BCUT2D eigenvalue weighted by molar-refractivity contribution is -0.139. The third-order valence-corrected chi connectivity index (χ3v) is 6.31. The van der Waals surface area contributed by atoms with Crippen molar-refractivity contribution in [3.05, 3.63) is 30.1 Å². The molecule has 1 aromatic rings. The molecule has 1 heterocycles. The van der Waals surface area contributed by atoms with Gasteiger partial charge >= 0.3 is 0 Å². The van der Waals surface area contributed by atoms with Gasteiger partial charge in [-0.25, -0.2) is 12.8 Å². The van der Waals surface area contributed by atoms with E-state index in [2.05, 4.69) is 5.32 Å². The summed E-state index contributed by atoms with van der Waals surface area (Å²) >= 11 is 0. The molecule has 0 saturated carbocycles. The second-order valence-electron chi connectivity index (χ2n) is 7.63. The smallest absolute Gasteiger partial charge is 0.244 e. The van der Waals surface area contributed by atoms with E-state index in [0.29, 0.717) is 0 Å². The van der Waals surface area contributed by atoms with Crippen LogP contribution in [0.4, 0.5) is 4.39 Å². The number of carbonyl (C=O) groups is 2. The third kappa shape index (κ3) is 5.04. The van der Waals surface area contributed by atoms with Crippen molar-refractivity contribution in [2.45, 2.75) is 38.6 Å². The summed E-state index contributed by atoms with van der Waals surface area (Å²) in [6, 6.07) is 3.98. The Morgan fingerprint density at radius 2 is 1.59 bits per heavy atom. The van der Waals surface area contributed by atoms with Crippen LogP contribution in [0.3, 0.4) is 0 Å². The van der Waals surface area contributed by atoms with Gasteiger partial charge in [-0.15, -0.1) is 0 Å². The zero-order chi connectivity index (χ0) is 20.4. The van der Waals surface area contributed by atoms with Gasteiger partial charge in [0, 0.05) is 31.6 Å². The molecule has 1 N–H and O–H groups in total. The number of hydrogen-bond acceptors (Lipinski definition) is 4. The van der Waals surface area contributed by atoms with Gasteiger partial charge in [0.2, 0.25) is 21.8 Å². The third-order valence-electron chi connectivity index (χ3n) is 4.40. The molecule has 0 aliphatic carbocycles. The lowest BCUT2D eigenvalue weighted by Crippen LogP contribution is -2.55. The average Bonchev–Trinajstić information content (AvgIpc) is 2.60. The van der Waals surface area contributed by atoms with Gasteiger partial charge in [-0.2, -0.15) is 4.31 Å². The maximum Gasteiger partial charge on any atom is 0.244 e. The maximum atomic E-state index is 13.0. The van der Waals surface area contributed by atoms with Crippen molar-refractivity contribution >= 4 is 21.8 Å². The second-order valence-corrected chi connectivity index (χ2v) is 9.57. The van der Waals surface area contributed by atoms with Crippen molar-refractivity contribution in [1.29, 1.82) is 0 Å². The molecule has 1 atom stereocenters. The largest absolute Gasteiger partial charge is 0.344 e. The molecule has 0 bridgehead atoms. The molecule has 0 spiro atoms. The van der Waals surface area contributed by atoms with Crippen LogP contribution in [0.15, 0.2) is 29.2 Å². The number of carbonyl (C=O) groups excluding carboxylic acids is 2. The molecular weight excluding hydrogens is 373 g/mol. The van der Waals surface area contributed by atoms with Gasteiger partial charge in [0.15, 0.2) is 0 Å². The first kappa shape index (κ1) is 21.3. The summed E-state index contributed by atoms with van der Waals surface area (Å²) in [6.07, 6.45) is 0. The molecule has 1 aliphatic heterocycles. The van der Waals surface area contributed by atoms with Crippen LogP contribution < -0.4 is 5.32 Å². The molecule has 9 heteroatoms. The van der Waals surface area contributed by atoms with E-state index in [1.807, 2.05) is 0 Å². The fraction of sp³-hybridized carbons (Fsp3) is 0.556.